The van der Waals surface area contributed by atoms with E-state index in [0.717, 1.165) is 5.56 Å². The molecule has 5 heteroatoms. The molecule has 1 aromatic carbocycles. The van der Waals surface area contributed by atoms with E-state index in [1.807, 2.05) is 26.0 Å². The largest absolute Gasteiger partial charge is 0.481 e. The predicted octanol–water partition coefficient (Wildman–Crippen LogP) is 1.94. The molecule has 0 aliphatic carbocycles. The molecule has 1 amide bonds. The van der Waals surface area contributed by atoms with E-state index in [-0.39, 0.29) is 18.2 Å². The van der Waals surface area contributed by atoms with Gasteiger partial charge >= 0.3 is 5.97 Å². The molecular formula is C14H20N2O3. The molecule has 0 spiro atoms. The van der Waals surface area contributed by atoms with E-state index in [9.17, 15) is 9.59 Å². The number of amides is 1. The van der Waals surface area contributed by atoms with Crippen LogP contribution in [-0.4, -0.2) is 23.0 Å². The first kappa shape index (κ1) is 15.2. The van der Waals surface area contributed by atoms with Gasteiger partial charge in [0.05, 0.1) is 12.5 Å². The molecule has 0 saturated heterocycles. The van der Waals surface area contributed by atoms with E-state index in [4.69, 9.17) is 10.8 Å². The van der Waals surface area contributed by atoms with Gasteiger partial charge in [-0.15, -0.1) is 0 Å². The van der Waals surface area contributed by atoms with Crippen LogP contribution in [0.2, 0.25) is 0 Å². The second kappa shape index (κ2) is 6.89. The maximum absolute atomic E-state index is 11.6. The monoisotopic (exact) mass is 264 g/mol. The zero-order valence-electron chi connectivity index (χ0n) is 11.2. The minimum atomic E-state index is -0.821. The second-order valence-electron chi connectivity index (χ2n) is 4.62. The minimum Gasteiger partial charge on any atom is -0.481 e. The molecule has 104 valence electrons. The van der Waals surface area contributed by atoms with E-state index >= 15 is 0 Å². The third-order valence-electron chi connectivity index (χ3n) is 3.00. The van der Waals surface area contributed by atoms with Gasteiger partial charge < -0.3 is 16.2 Å². The van der Waals surface area contributed by atoms with Crippen molar-refractivity contribution in [3.8, 4) is 0 Å². The van der Waals surface area contributed by atoms with E-state index in [1.54, 1.807) is 12.1 Å². The number of hydrogen-bond donors (Lipinski definition) is 3. The van der Waals surface area contributed by atoms with E-state index < -0.39 is 12.0 Å². The standard InChI is InChI=1S/C14H20N2O3/c1-3-12(15)14(19)16-11-6-4-10(5-7-11)9(2)8-13(17)18/h4-7,9,12H,3,8,15H2,1-2H3,(H,16,19)(H,17,18)/t9?,12-/m0/s1. The summed E-state index contributed by atoms with van der Waals surface area (Å²) in [5.41, 5.74) is 7.22. The van der Waals surface area contributed by atoms with Crippen molar-refractivity contribution in [3.05, 3.63) is 29.8 Å². The van der Waals surface area contributed by atoms with Crippen LogP contribution in [0.1, 0.15) is 38.2 Å². The van der Waals surface area contributed by atoms with Gasteiger partial charge in [-0.1, -0.05) is 26.0 Å². The summed E-state index contributed by atoms with van der Waals surface area (Å²) in [7, 11) is 0. The van der Waals surface area contributed by atoms with Crippen LogP contribution in [0.25, 0.3) is 0 Å². The molecule has 0 aliphatic heterocycles. The van der Waals surface area contributed by atoms with Gasteiger partial charge in [-0.05, 0) is 30.0 Å². The third kappa shape index (κ3) is 4.71. The van der Waals surface area contributed by atoms with Gasteiger partial charge in [-0.3, -0.25) is 9.59 Å². The first-order valence-corrected chi connectivity index (χ1v) is 6.32. The highest BCUT2D eigenvalue weighted by atomic mass is 16.4. The van der Waals surface area contributed by atoms with Crippen molar-refractivity contribution < 1.29 is 14.7 Å². The van der Waals surface area contributed by atoms with Crippen molar-refractivity contribution in [1.29, 1.82) is 0 Å². The number of anilines is 1. The van der Waals surface area contributed by atoms with Gasteiger partial charge in [-0.2, -0.15) is 0 Å². The molecule has 1 aromatic rings. The number of aliphatic carboxylic acids is 1. The van der Waals surface area contributed by atoms with Gasteiger partial charge in [0.25, 0.3) is 0 Å². The van der Waals surface area contributed by atoms with Crippen molar-refractivity contribution in [1.82, 2.24) is 0 Å². The lowest BCUT2D eigenvalue weighted by molar-refractivity contribution is -0.137. The lowest BCUT2D eigenvalue weighted by Crippen LogP contribution is -2.34. The van der Waals surface area contributed by atoms with Crippen molar-refractivity contribution in [2.24, 2.45) is 5.73 Å². The molecule has 19 heavy (non-hydrogen) atoms. The second-order valence-corrected chi connectivity index (χ2v) is 4.62. The molecule has 1 rings (SSSR count). The molecule has 1 unspecified atom stereocenters. The number of hydrogen-bond acceptors (Lipinski definition) is 3. The topological polar surface area (TPSA) is 92.4 Å². The van der Waals surface area contributed by atoms with Crippen LogP contribution in [0.15, 0.2) is 24.3 Å². The Labute approximate surface area is 112 Å². The lowest BCUT2D eigenvalue weighted by Gasteiger charge is -2.12. The maximum atomic E-state index is 11.6. The fourth-order valence-electron chi connectivity index (χ4n) is 1.70. The van der Waals surface area contributed by atoms with Crippen LogP contribution in [0.3, 0.4) is 0 Å². The van der Waals surface area contributed by atoms with Gasteiger partial charge in [0.1, 0.15) is 0 Å². The number of carboxylic acids is 1. The fourth-order valence-corrected chi connectivity index (χ4v) is 1.70. The van der Waals surface area contributed by atoms with Crippen LogP contribution in [0.4, 0.5) is 5.69 Å². The average molecular weight is 264 g/mol. The summed E-state index contributed by atoms with van der Waals surface area (Å²) in [5.74, 6) is -1.09. The Balaban J connectivity index is 2.66. The molecule has 2 atom stereocenters. The van der Waals surface area contributed by atoms with Gasteiger partial charge in [-0.25, -0.2) is 0 Å². The zero-order chi connectivity index (χ0) is 14.4. The molecule has 0 saturated carbocycles. The maximum Gasteiger partial charge on any atom is 0.303 e. The van der Waals surface area contributed by atoms with Crippen molar-refractivity contribution >= 4 is 17.6 Å². The van der Waals surface area contributed by atoms with E-state index in [0.29, 0.717) is 12.1 Å². The predicted molar refractivity (Wildman–Crippen MR) is 74.0 cm³/mol. The minimum absolute atomic E-state index is 0.0554. The fraction of sp³-hybridized carbons (Fsp3) is 0.429. The summed E-state index contributed by atoms with van der Waals surface area (Å²) in [6.07, 6.45) is 0.673. The number of carbonyl (C=O) groups excluding carboxylic acids is 1. The SMILES string of the molecule is CC[C@H](N)C(=O)Nc1ccc(C(C)CC(=O)O)cc1. The summed E-state index contributed by atoms with van der Waals surface area (Å²) in [5, 5.41) is 11.5. The average Bonchev–Trinajstić information content (AvgIpc) is 2.37. The number of nitrogens with one attached hydrogen (secondary N) is 1. The van der Waals surface area contributed by atoms with Gasteiger partial charge in [0.2, 0.25) is 5.91 Å². The van der Waals surface area contributed by atoms with E-state index in [2.05, 4.69) is 5.32 Å². The van der Waals surface area contributed by atoms with Gasteiger partial charge in [0.15, 0.2) is 0 Å². The Hall–Kier alpha value is -1.88. The van der Waals surface area contributed by atoms with Crippen molar-refractivity contribution in [2.75, 3.05) is 5.32 Å². The normalized spacial score (nSPS) is 13.6. The van der Waals surface area contributed by atoms with Crippen molar-refractivity contribution in [3.63, 3.8) is 0 Å². The molecule has 5 nitrogen and oxygen atoms in total. The van der Waals surface area contributed by atoms with Crippen molar-refractivity contribution in [2.45, 2.75) is 38.6 Å². The number of rotatable bonds is 6. The molecule has 0 radical (unpaired) electrons. The number of nitrogens with two attached hydrogens (primary N) is 1. The third-order valence-corrected chi connectivity index (χ3v) is 3.00. The molecule has 4 N–H and O–H groups in total. The Morgan fingerprint density at radius 1 is 1.32 bits per heavy atom. The van der Waals surface area contributed by atoms with Crippen LogP contribution in [-0.2, 0) is 9.59 Å². The molecule has 0 heterocycles. The van der Waals surface area contributed by atoms with Crippen LogP contribution < -0.4 is 11.1 Å². The molecule has 0 bridgehead atoms. The molecule has 0 aromatic heterocycles. The van der Waals surface area contributed by atoms with E-state index in [1.165, 1.54) is 0 Å². The quantitative estimate of drug-likeness (QED) is 0.732. The highest BCUT2D eigenvalue weighted by Gasteiger charge is 2.12. The lowest BCUT2D eigenvalue weighted by atomic mass is 9.98. The Kier molecular flexibility index (Phi) is 5.51. The van der Waals surface area contributed by atoms with Gasteiger partial charge in [0, 0.05) is 5.69 Å². The number of carboxylic acid groups (broad SMARTS) is 1. The summed E-state index contributed by atoms with van der Waals surface area (Å²) in [4.78, 5) is 22.2. The highest BCUT2D eigenvalue weighted by Crippen LogP contribution is 2.21. The first-order valence-electron chi connectivity index (χ1n) is 6.32. The van der Waals surface area contributed by atoms with Crippen LogP contribution >= 0.6 is 0 Å². The molecule has 0 fully saturated rings. The summed E-state index contributed by atoms with van der Waals surface area (Å²) >= 11 is 0. The Morgan fingerprint density at radius 3 is 2.37 bits per heavy atom. The van der Waals surface area contributed by atoms with Crippen LogP contribution in [0, 0.1) is 0 Å². The summed E-state index contributed by atoms with van der Waals surface area (Å²) in [6.45, 7) is 3.70. The zero-order valence-corrected chi connectivity index (χ0v) is 11.2. The highest BCUT2D eigenvalue weighted by molar-refractivity contribution is 5.94. The number of benzene rings is 1. The summed E-state index contributed by atoms with van der Waals surface area (Å²) < 4.78 is 0. The molecule has 0 aliphatic rings. The number of carbonyl (C=O) groups is 2. The molecular weight excluding hydrogens is 244 g/mol. The Morgan fingerprint density at radius 2 is 1.89 bits per heavy atom. The Bertz CT molecular complexity index is 443. The summed E-state index contributed by atoms with van der Waals surface area (Å²) in [6, 6.07) is 6.65. The first-order chi connectivity index (χ1) is 8.93. The smallest absolute Gasteiger partial charge is 0.303 e. The van der Waals surface area contributed by atoms with Crippen LogP contribution in [0.5, 0.6) is 0 Å².